The molecule has 88 valence electrons. The van der Waals surface area contributed by atoms with Crippen molar-refractivity contribution in [2.45, 2.75) is 11.2 Å². The van der Waals surface area contributed by atoms with E-state index in [1.54, 1.807) is 0 Å². The monoisotopic (exact) mass is 364 g/mol. The van der Waals surface area contributed by atoms with Crippen molar-refractivity contribution in [3.63, 3.8) is 0 Å². The number of esters is 1. The highest BCUT2D eigenvalue weighted by Gasteiger charge is 2.15. The van der Waals surface area contributed by atoms with Crippen LogP contribution in [0.15, 0.2) is 12.2 Å². The van der Waals surface area contributed by atoms with Gasteiger partial charge in [0.05, 0.1) is 0 Å². The molecule has 0 aromatic heterocycles. The molecule has 0 rings (SSSR count). The molecule has 0 aliphatic rings. The molecule has 0 aromatic rings. The first-order valence-electron chi connectivity index (χ1n) is 3.76. The predicted octanol–water partition coefficient (Wildman–Crippen LogP) is 1.48. The van der Waals surface area contributed by atoms with E-state index >= 15 is 0 Å². The first-order valence-corrected chi connectivity index (χ1v) is 7.41. The van der Waals surface area contributed by atoms with Crippen molar-refractivity contribution in [3.05, 3.63) is 12.2 Å². The number of carbonyl (C=O) groups excluding carboxylic acids is 1. The molecule has 1 unspecified atom stereocenters. The van der Waals surface area contributed by atoms with Crippen LogP contribution in [0.25, 0.3) is 0 Å². The van der Waals surface area contributed by atoms with Crippen LogP contribution in [0.4, 0.5) is 0 Å². The number of ether oxygens (including phenoxy) is 1. The maximum Gasteiger partial charge on any atom is 0.334 e. The van der Waals surface area contributed by atoms with Crippen molar-refractivity contribution in [2.24, 2.45) is 0 Å². The summed E-state index contributed by atoms with van der Waals surface area (Å²) in [5, 5.41) is 0.623. The van der Waals surface area contributed by atoms with Gasteiger partial charge in [-0.3, -0.25) is 4.55 Å². The molecule has 1 N–H and O–H groups in total. The van der Waals surface area contributed by atoms with Crippen LogP contribution in [0.1, 0.15) is 6.42 Å². The molecule has 0 bridgehead atoms. The highest BCUT2D eigenvalue weighted by molar-refractivity contribution is 9.12. The maximum absolute atomic E-state index is 11.1. The Labute approximate surface area is 105 Å². The van der Waals surface area contributed by atoms with E-state index in [9.17, 15) is 13.2 Å². The van der Waals surface area contributed by atoms with Gasteiger partial charge in [0.1, 0.15) is 0 Å². The summed E-state index contributed by atoms with van der Waals surface area (Å²) < 4.78 is 33.2. The van der Waals surface area contributed by atoms with Crippen LogP contribution < -0.4 is 0 Å². The topological polar surface area (TPSA) is 80.7 Å². The number of rotatable bonds is 6. The molecule has 8 heteroatoms. The summed E-state index contributed by atoms with van der Waals surface area (Å²) in [4.78, 5) is 11.1. The van der Waals surface area contributed by atoms with E-state index in [1.165, 1.54) is 0 Å². The zero-order valence-electron chi connectivity index (χ0n) is 7.65. The number of hydrogen-bond acceptors (Lipinski definition) is 4. The lowest BCUT2D eigenvalue weighted by molar-refractivity contribution is -0.137. The third-order valence-corrected chi connectivity index (χ3v) is 3.98. The molecule has 0 amide bonds. The van der Waals surface area contributed by atoms with Crippen LogP contribution in [-0.2, 0) is 19.6 Å². The Morgan fingerprint density at radius 3 is 2.47 bits per heavy atom. The maximum atomic E-state index is 11.1. The highest BCUT2D eigenvalue weighted by atomic mass is 79.9. The second-order valence-electron chi connectivity index (χ2n) is 2.69. The Hall–Kier alpha value is 0.0800. The van der Waals surface area contributed by atoms with Gasteiger partial charge in [0.25, 0.3) is 0 Å². The summed E-state index contributed by atoms with van der Waals surface area (Å²) in [5.74, 6) is -1.88. The Balaban J connectivity index is 4.07. The van der Waals surface area contributed by atoms with Crippen molar-refractivity contribution in [3.8, 4) is 0 Å². The smallest absolute Gasteiger partial charge is 0.334 e. The van der Waals surface area contributed by atoms with E-state index in [0.717, 1.165) is 0 Å². The third kappa shape index (κ3) is 7.95. The first kappa shape index (κ1) is 15.1. The molecule has 0 aliphatic heterocycles. The lowest BCUT2D eigenvalue weighted by atomic mass is 10.2. The minimum atomic E-state index is -4.29. The molecule has 0 spiro atoms. The van der Waals surface area contributed by atoms with Crippen molar-refractivity contribution in [1.29, 1.82) is 0 Å². The Kier molecular flexibility index (Phi) is 6.65. The molecular formula is C7H10Br2O5S. The van der Waals surface area contributed by atoms with Gasteiger partial charge in [0.15, 0.2) is 0 Å². The SMILES string of the molecule is C=C(CC(Br)CBr)C(=O)OCS(=O)(=O)O. The van der Waals surface area contributed by atoms with Crippen LogP contribution in [0.2, 0.25) is 0 Å². The second kappa shape index (κ2) is 6.62. The van der Waals surface area contributed by atoms with Gasteiger partial charge in [-0.2, -0.15) is 8.42 Å². The minimum absolute atomic E-state index is 0.0169. The fourth-order valence-electron chi connectivity index (χ4n) is 0.635. The van der Waals surface area contributed by atoms with Crippen LogP contribution in [-0.4, -0.2) is 35.0 Å². The van der Waals surface area contributed by atoms with Crippen molar-refractivity contribution in [1.82, 2.24) is 0 Å². The molecule has 5 nitrogen and oxygen atoms in total. The lowest BCUT2D eigenvalue weighted by Crippen LogP contribution is -2.16. The van der Waals surface area contributed by atoms with Gasteiger partial charge < -0.3 is 4.74 Å². The lowest BCUT2D eigenvalue weighted by Gasteiger charge is -2.08. The fourth-order valence-corrected chi connectivity index (χ4v) is 1.51. The van der Waals surface area contributed by atoms with Gasteiger partial charge in [-0.05, 0) is 6.42 Å². The zero-order chi connectivity index (χ0) is 12.1. The van der Waals surface area contributed by atoms with Gasteiger partial charge in [0, 0.05) is 15.7 Å². The summed E-state index contributed by atoms with van der Waals surface area (Å²) >= 11 is 6.44. The van der Waals surface area contributed by atoms with Gasteiger partial charge in [-0.25, -0.2) is 4.79 Å². The summed E-state index contributed by atoms with van der Waals surface area (Å²) in [6.45, 7) is 3.44. The average molecular weight is 366 g/mol. The largest absolute Gasteiger partial charge is 0.443 e. The van der Waals surface area contributed by atoms with Gasteiger partial charge in [-0.15, -0.1) is 0 Å². The van der Waals surface area contributed by atoms with E-state index in [0.29, 0.717) is 11.8 Å². The fraction of sp³-hybridized carbons (Fsp3) is 0.571. The van der Waals surface area contributed by atoms with E-state index < -0.39 is 22.0 Å². The quantitative estimate of drug-likeness (QED) is 0.333. The van der Waals surface area contributed by atoms with E-state index in [1.807, 2.05) is 0 Å². The Morgan fingerprint density at radius 1 is 1.53 bits per heavy atom. The molecule has 0 saturated carbocycles. The summed E-state index contributed by atoms with van der Waals surface area (Å²) in [7, 11) is -4.29. The number of alkyl halides is 2. The molecule has 0 radical (unpaired) electrons. The summed E-state index contributed by atoms with van der Waals surface area (Å²) in [6.07, 6.45) is 0.329. The van der Waals surface area contributed by atoms with E-state index in [-0.39, 0.29) is 10.4 Å². The standard InChI is InChI=1S/C7H10Br2O5S/c1-5(2-6(9)3-8)7(10)14-4-15(11,12)13/h6H,1-4H2,(H,11,12,13). The number of carbonyl (C=O) groups is 1. The van der Waals surface area contributed by atoms with E-state index in [2.05, 4.69) is 43.2 Å². The third-order valence-electron chi connectivity index (χ3n) is 1.26. The van der Waals surface area contributed by atoms with Crippen LogP contribution in [0.5, 0.6) is 0 Å². The first-order chi connectivity index (χ1) is 6.76. The second-order valence-corrected chi connectivity index (χ2v) is 6.03. The molecule has 0 heterocycles. The van der Waals surface area contributed by atoms with Crippen molar-refractivity contribution in [2.75, 3.05) is 11.3 Å². The zero-order valence-corrected chi connectivity index (χ0v) is 11.6. The molecule has 15 heavy (non-hydrogen) atoms. The highest BCUT2D eigenvalue weighted by Crippen LogP contribution is 2.14. The number of halogens is 2. The average Bonchev–Trinajstić information content (AvgIpc) is 2.12. The predicted molar refractivity (Wildman–Crippen MR) is 62.8 cm³/mol. The molecule has 0 aliphatic carbocycles. The van der Waals surface area contributed by atoms with Gasteiger partial charge in [0.2, 0.25) is 5.94 Å². The number of hydrogen-bond donors (Lipinski definition) is 1. The minimum Gasteiger partial charge on any atom is -0.443 e. The van der Waals surface area contributed by atoms with Gasteiger partial charge in [-0.1, -0.05) is 38.4 Å². The molecule has 0 saturated heterocycles. The molecule has 0 aromatic carbocycles. The van der Waals surface area contributed by atoms with Crippen molar-refractivity contribution < 1.29 is 22.5 Å². The molecule has 0 fully saturated rings. The summed E-state index contributed by atoms with van der Waals surface area (Å²) in [5.41, 5.74) is 0.139. The molecule has 1 atom stereocenters. The van der Waals surface area contributed by atoms with Crippen LogP contribution in [0, 0.1) is 0 Å². The normalized spacial score (nSPS) is 13.3. The van der Waals surface area contributed by atoms with Crippen LogP contribution >= 0.6 is 31.9 Å². The summed E-state index contributed by atoms with van der Waals surface area (Å²) in [6, 6.07) is 0. The Morgan fingerprint density at radius 2 is 2.07 bits per heavy atom. The van der Waals surface area contributed by atoms with Crippen LogP contribution in [0.3, 0.4) is 0 Å². The van der Waals surface area contributed by atoms with Crippen molar-refractivity contribution >= 4 is 47.9 Å². The van der Waals surface area contributed by atoms with E-state index in [4.69, 9.17) is 4.55 Å². The molecular weight excluding hydrogens is 356 g/mol. The Bertz CT molecular complexity index is 337. The van der Waals surface area contributed by atoms with Gasteiger partial charge >= 0.3 is 16.1 Å².